The molecule has 7 nitrogen and oxygen atoms in total. The van der Waals surface area contributed by atoms with Gasteiger partial charge in [-0.25, -0.2) is 0 Å². The third-order valence-corrected chi connectivity index (χ3v) is 3.04. The summed E-state index contributed by atoms with van der Waals surface area (Å²) in [6.45, 7) is 14.7. The van der Waals surface area contributed by atoms with Crippen molar-refractivity contribution in [1.29, 1.82) is 0 Å². The highest BCUT2D eigenvalue weighted by Gasteiger charge is 2.07. The van der Waals surface area contributed by atoms with Gasteiger partial charge in [0.2, 0.25) is 0 Å². The van der Waals surface area contributed by atoms with Crippen molar-refractivity contribution in [2.24, 2.45) is 4.99 Å². The van der Waals surface area contributed by atoms with E-state index in [9.17, 15) is 0 Å². The number of halogens is 1. The quantitative estimate of drug-likeness (QED) is 0.248. The summed E-state index contributed by atoms with van der Waals surface area (Å²) in [5.41, 5.74) is 0.131. The number of rotatable bonds is 8. The van der Waals surface area contributed by atoms with Gasteiger partial charge < -0.3 is 20.5 Å². The Balaban J connectivity index is 0.00000484. The normalized spacial score (nSPS) is 12.0. The van der Waals surface area contributed by atoms with Gasteiger partial charge in [0.1, 0.15) is 12.2 Å². The first-order chi connectivity index (χ1) is 10.5. The monoisotopic (exact) mass is 437 g/mol. The Labute approximate surface area is 157 Å². The van der Waals surface area contributed by atoms with Gasteiger partial charge in [-0.1, -0.05) is 6.92 Å². The lowest BCUT2D eigenvalue weighted by atomic mass is 10.1. The van der Waals surface area contributed by atoms with Crippen molar-refractivity contribution in [2.75, 3.05) is 26.2 Å². The maximum atomic E-state index is 4.57. The first kappa shape index (κ1) is 22.1. The van der Waals surface area contributed by atoms with E-state index in [-0.39, 0.29) is 29.5 Å². The van der Waals surface area contributed by atoms with Crippen molar-refractivity contribution >= 4 is 29.9 Å². The highest BCUT2D eigenvalue weighted by molar-refractivity contribution is 14.0. The molecule has 0 aliphatic carbocycles. The first-order valence-corrected chi connectivity index (χ1v) is 8.10. The van der Waals surface area contributed by atoms with Crippen LogP contribution in [0.3, 0.4) is 0 Å². The minimum atomic E-state index is 0. The van der Waals surface area contributed by atoms with Gasteiger partial charge in [0, 0.05) is 38.1 Å². The van der Waals surface area contributed by atoms with Crippen molar-refractivity contribution in [1.82, 2.24) is 30.7 Å². The molecule has 0 saturated carbocycles. The molecule has 0 saturated heterocycles. The van der Waals surface area contributed by atoms with Crippen molar-refractivity contribution in [3.05, 3.63) is 12.2 Å². The average molecular weight is 437 g/mol. The molecule has 1 aromatic heterocycles. The van der Waals surface area contributed by atoms with Crippen LogP contribution in [0.2, 0.25) is 0 Å². The van der Waals surface area contributed by atoms with Crippen molar-refractivity contribution in [2.45, 2.75) is 53.1 Å². The standard InChI is InChI=1S/C15H31N7.HI/c1-6-13-21-20-12-22(13)11-10-18-14(16-7-2)17-8-9-19-15(3,4)5;/h12,19H,6-11H2,1-5H3,(H2,16,17,18);1H. The topological polar surface area (TPSA) is 79.2 Å². The lowest BCUT2D eigenvalue weighted by Crippen LogP contribution is -2.41. The van der Waals surface area contributed by atoms with Gasteiger partial charge in [-0.05, 0) is 27.7 Å². The van der Waals surface area contributed by atoms with Crippen molar-refractivity contribution < 1.29 is 0 Å². The molecule has 0 aromatic carbocycles. The molecule has 3 N–H and O–H groups in total. The Morgan fingerprint density at radius 1 is 1.22 bits per heavy atom. The second kappa shape index (κ2) is 11.6. The Bertz CT molecular complexity index is 451. The summed E-state index contributed by atoms with van der Waals surface area (Å²) in [6.07, 6.45) is 2.67. The lowest BCUT2D eigenvalue weighted by Gasteiger charge is -2.20. The molecule has 23 heavy (non-hydrogen) atoms. The maximum absolute atomic E-state index is 4.57. The molecule has 0 unspecified atom stereocenters. The summed E-state index contributed by atoms with van der Waals surface area (Å²) in [6, 6.07) is 0. The second-order valence-corrected chi connectivity index (χ2v) is 6.16. The predicted octanol–water partition coefficient (Wildman–Crippen LogP) is 1.40. The molecule has 1 aromatic rings. The summed E-state index contributed by atoms with van der Waals surface area (Å²) in [4.78, 5) is 4.57. The zero-order valence-corrected chi connectivity index (χ0v) is 17.3. The molecule has 0 fully saturated rings. The van der Waals surface area contributed by atoms with E-state index in [1.807, 2.05) is 0 Å². The number of aromatic nitrogens is 3. The molecule has 0 amide bonds. The zero-order valence-electron chi connectivity index (χ0n) is 15.0. The highest BCUT2D eigenvalue weighted by Crippen LogP contribution is 1.97. The van der Waals surface area contributed by atoms with Crippen LogP contribution in [0.5, 0.6) is 0 Å². The molecule has 0 atom stereocenters. The van der Waals surface area contributed by atoms with Gasteiger partial charge in [-0.15, -0.1) is 34.2 Å². The number of hydrogen-bond acceptors (Lipinski definition) is 4. The SMILES string of the molecule is CCNC(=NCCNC(C)(C)C)NCCn1cnnc1CC.I. The van der Waals surface area contributed by atoms with Gasteiger partial charge in [0.25, 0.3) is 0 Å². The molecule has 1 rings (SSSR count). The Morgan fingerprint density at radius 3 is 2.57 bits per heavy atom. The van der Waals surface area contributed by atoms with E-state index in [0.717, 1.165) is 50.9 Å². The highest BCUT2D eigenvalue weighted by atomic mass is 127. The number of aliphatic imine (C=N–C) groups is 1. The number of aryl methyl sites for hydroxylation is 1. The summed E-state index contributed by atoms with van der Waals surface area (Å²) in [5, 5.41) is 18.1. The Kier molecular flexibility index (Phi) is 11.2. The zero-order chi connectivity index (χ0) is 16.4. The average Bonchev–Trinajstić information content (AvgIpc) is 2.90. The molecule has 0 spiro atoms. The molecule has 0 aliphatic rings. The fourth-order valence-corrected chi connectivity index (χ4v) is 1.97. The summed E-state index contributed by atoms with van der Waals surface area (Å²) < 4.78 is 2.07. The maximum Gasteiger partial charge on any atom is 0.191 e. The van der Waals surface area contributed by atoms with Crippen LogP contribution in [0.1, 0.15) is 40.4 Å². The largest absolute Gasteiger partial charge is 0.357 e. The molecular formula is C15H32IN7. The van der Waals surface area contributed by atoms with E-state index < -0.39 is 0 Å². The molecule has 0 aliphatic heterocycles. The van der Waals surface area contributed by atoms with E-state index in [2.05, 4.69) is 70.3 Å². The van der Waals surface area contributed by atoms with Crippen LogP contribution < -0.4 is 16.0 Å². The van der Waals surface area contributed by atoms with Gasteiger partial charge in [-0.2, -0.15) is 0 Å². The number of guanidine groups is 1. The smallest absolute Gasteiger partial charge is 0.191 e. The van der Waals surface area contributed by atoms with Gasteiger partial charge in [-0.3, -0.25) is 4.99 Å². The Hall–Kier alpha value is -0.900. The van der Waals surface area contributed by atoms with Gasteiger partial charge in [0.15, 0.2) is 5.96 Å². The van der Waals surface area contributed by atoms with Crippen LogP contribution in [0, 0.1) is 0 Å². The molecule has 0 bridgehead atoms. The van der Waals surface area contributed by atoms with Gasteiger partial charge >= 0.3 is 0 Å². The molecule has 134 valence electrons. The fraction of sp³-hybridized carbons (Fsp3) is 0.800. The third-order valence-electron chi connectivity index (χ3n) is 3.04. The number of hydrogen-bond donors (Lipinski definition) is 3. The molecule has 8 heteroatoms. The van der Waals surface area contributed by atoms with Gasteiger partial charge in [0.05, 0.1) is 6.54 Å². The summed E-state index contributed by atoms with van der Waals surface area (Å²) in [5.74, 6) is 1.86. The van der Waals surface area contributed by atoms with E-state index in [1.165, 1.54) is 0 Å². The third kappa shape index (κ3) is 9.75. The van der Waals surface area contributed by atoms with Crippen molar-refractivity contribution in [3.8, 4) is 0 Å². The van der Waals surface area contributed by atoms with Crippen LogP contribution in [0.4, 0.5) is 0 Å². The minimum absolute atomic E-state index is 0. The van der Waals surface area contributed by atoms with Crippen LogP contribution in [-0.2, 0) is 13.0 Å². The van der Waals surface area contributed by atoms with E-state index in [0.29, 0.717) is 0 Å². The lowest BCUT2D eigenvalue weighted by molar-refractivity contribution is 0.432. The van der Waals surface area contributed by atoms with E-state index in [4.69, 9.17) is 0 Å². The van der Waals surface area contributed by atoms with E-state index >= 15 is 0 Å². The number of nitrogens with zero attached hydrogens (tertiary/aromatic N) is 4. The van der Waals surface area contributed by atoms with E-state index in [1.54, 1.807) is 6.33 Å². The Morgan fingerprint density at radius 2 is 1.96 bits per heavy atom. The molecule has 1 heterocycles. The summed E-state index contributed by atoms with van der Waals surface area (Å²) >= 11 is 0. The second-order valence-electron chi connectivity index (χ2n) is 6.16. The minimum Gasteiger partial charge on any atom is -0.357 e. The number of nitrogens with one attached hydrogen (secondary N) is 3. The molecule has 0 radical (unpaired) electrons. The summed E-state index contributed by atoms with van der Waals surface area (Å²) in [7, 11) is 0. The van der Waals surface area contributed by atoms with Crippen molar-refractivity contribution in [3.63, 3.8) is 0 Å². The predicted molar refractivity (Wildman–Crippen MR) is 107 cm³/mol. The van der Waals surface area contributed by atoms with Crippen LogP contribution in [0.15, 0.2) is 11.3 Å². The molecular weight excluding hydrogens is 405 g/mol. The van der Waals surface area contributed by atoms with Crippen LogP contribution in [-0.4, -0.2) is 52.4 Å². The fourth-order valence-electron chi connectivity index (χ4n) is 1.97. The first-order valence-electron chi connectivity index (χ1n) is 8.10. The van der Waals surface area contributed by atoms with Crippen LogP contribution >= 0.6 is 24.0 Å². The van der Waals surface area contributed by atoms with Crippen LogP contribution in [0.25, 0.3) is 0 Å².